The smallest absolute Gasteiger partial charge is 0.355 e. The van der Waals surface area contributed by atoms with E-state index >= 15 is 0 Å². The van der Waals surface area contributed by atoms with Crippen molar-refractivity contribution in [1.29, 1.82) is 0 Å². The highest BCUT2D eigenvalue weighted by atomic mass is 16.5. The number of aromatic nitrogens is 1. The van der Waals surface area contributed by atoms with Crippen molar-refractivity contribution < 1.29 is 19.1 Å². The lowest BCUT2D eigenvalue weighted by atomic mass is 9.98. The third-order valence-electron chi connectivity index (χ3n) is 6.38. The van der Waals surface area contributed by atoms with Crippen LogP contribution in [-0.2, 0) is 16.6 Å². The molecule has 0 saturated heterocycles. The standard InChI is InChI=1S/C24H36N2O4/c1-7-15-26(20(27)14-13-19-11-9-10-12-19)18(5)23(28)21-16(3)22(24(29)30-8-2)25(6)17(21)4/h7,18-19H,1,8-15H2,2-6H3/t18-/m1/s1. The Bertz CT molecular complexity index is 803. The lowest BCUT2D eigenvalue weighted by molar-refractivity contribution is -0.132. The molecule has 166 valence electrons. The molecule has 1 fully saturated rings. The second-order valence-electron chi connectivity index (χ2n) is 8.28. The van der Waals surface area contributed by atoms with E-state index in [1.165, 1.54) is 25.7 Å². The van der Waals surface area contributed by atoms with Crippen LogP contribution in [0.15, 0.2) is 12.7 Å². The normalized spacial score (nSPS) is 15.1. The van der Waals surface area contributed by atoms with Crippen LogP contribution in [0.5, 0.6) is 0 Å². The van der Waals surface area contributed by atoms with Crippen molar-refractivity contribution in [2.45, 2.75) is 72.3 Å². The first kappa shape index (κ1) is 23.9. The monoisotopic (exact) mass is 416 g/mol. The van der Waals surface area contributed by atoms with Gasteiger partial charge in [0.15, 0.2) is 5.78 Å². The van der Waals surface area contributed by atoms with Gasteiger partial charge in [0.1, 0.15) is 5.69 Å². The van der Waals surface area contributed by atoms with E-state index < -0.39 is 12.0 Å². The Morgan fingerprint density at radius 2 is 1.90 bits per heavy atom. The van der Waals surface area contributed by atoms with Crippen LogP contribution < -0.4 is 0 Å². The Kier molecular flexibility index (Phi) is 8.44. The molecule has 0 unspecified atom stereocenters. The number of esters is 1. The first-order valence-corrected chi connectivity index (χ1v) is 11.0. The fourth-order valence-corrected chi connectivity index (χ4v) is 4.56. The average molecular weight is 417 g/mol. The van der Waals surface area contributed by atoms with Gasteiger partial charge in [-0.15, -0.1) is 6.58 Å². The minimum atomic E-state index is -0.631. The number of carbonyl (C=O) groups excluding carboxylic acids is 3. The van der Waals surface area contributed by atoms with Gasteiger partial charge in [-0.1, -0.05) is 31.8 Å². The van der Waals surface area contributed by atoms with Crippen LogP contribution in [0.1, 0.15) is 84.5 Å². The van der Waals surface area contributed by atoms with Crippen molar-refractivity contribution in [1.82, 2.24) is 9.47 Å². The summed E-state index contributed by atoms with van der Waals surface area (Å²) in [5.41, 5.74) is 2.17. The number of ether oxygens (including phenoxy) is 1. The van der Waals surface area contributed by atoms with Gasteiger partial charge in [0.25, 0.3) is 0 Å². The Hall–Kier alpha value is -2.37. The van der Waals surface area contributed by atoms with Gasteiger partial charge in [-0.25, -0.2) is 4.79 Å². The van der Waals surface area contributed by atoms with E-state index in [-0.39, 0.29) is 18.3 Å². The maximum Gasteiger partial charge on any atom is 0.355 e. The van der Waals surface area contributed by atoms with Crippen molar-refractivity contribution in [2.75, 3.05) is 13.2 Å². The Labute approximate surface area is 180 Å². The first-order valence-electron chi connectivity index (χ1n) is 11.0. The van der Waals surface area contributed by atoms with Gasteiger partial charge in [-0.3, -0.25) is 9.59 Å². The highest BCUT2D eigenvalue weighted by Crippen LogP contribution is 2.29. The summed E-state index contributed by atoms with van der Waals surface area (Å²) in [6.07, 6.45) is 7.89. The summed E-state index contributed by atoms with van der Waals surface area (Å²) in [7, 11) is 1.75. The Balaban J connectivity index is 2.24. The number of Topliss-reactive ketones (excluding diaryl/α,β-unsaturated/α-hetero) is 1. The maximum atomic E-state index is 13.4. The summed E-state index contributed by atoms with van der Waals surface area (Å²) in [5, 5.41) is 0. The zero-order valence-electron chi connectivity index (χ0n) is 19.1. The van der Waals surface area contributed by atoms with Gasteiger partial charge in [0.2, 0.25) is 5.91 Å². The van der Waals surface area contributed by atoms with Crippen LogP contribution in [-0.4, -0.2) is 46.3 Å². The minimum Gasteiger partial charge on any atom is -0.461 e. The fraction of sp³-hybridized carbons (Fsp3) is 0.625. The third kappa shape index (κ3) is 5.02. The molecule has 0 spiro atoms. The number of nitrogens with zero attached hydrogens (tertiary/aromatic N) is 2. The van der Waals surface area contributed by atoms with Crippen LogP contribution in [0.25, 0.3) is 0 Å². The van der Waals surface area contributed by atoms with Crippen LogP contribution >= 0.6 is 0 Å². The van der Waals surface area contributed by atoms with Crippen LogP contribution in [0, 0.1) is 19.8 Å². The van der Waals surface area contributed by atoms with Gasteiger partial charge in [-0.05, 0) is 45.6 Å². The van der Waals surface area contributed by atoms with Crippen LogP contribution in [0.2, 0.25) is 0 Å². The van der Waals surface area contributed by atoms with E-state index in [4.69, 9.17) is 4.74 Å². The van der Waals surface area contributed by atoms with Gasteiger partial charge in [0, 0.05) is 31.3 Å². The molecule has 1 aromatic rings. The van der Waals surface area contributed by atoms with E-state index in [9.17, 15) is 14.4 Å². The summed E-state index contributed by atoms with van der Waals surface area (Å²) < 4.78 is 6.86. The molecule has 0 bridgehead atoms. The quantitative estimate of drug-likeness (QED) is 0.323. The van der Waals surface area contributed by atoms with Crippen molar-refractivity contribution in [2.24, 2.45) is 13.0 Å². The van der Waals surface area contributed by atoms with Crippen LogP contribution in [0.4, 0.5) is 0 Å². The minimum absolute atomic E-state index is 0.0143. The number of amides is 1. The van der Waals surface area contributed by atoms with Crippen LogP contribution in [0.3, 0.4) is 0 Å². The number of hydrogen-bond donors (Lipinski definition) is 0. The summed E-state index contributed by atoms with van der Waals surface area (Å²) in [5.74, 6) is 0.00546. The molecule has 1 atom stereocenters. The molecule has 0 radical (unpaired) electrons. The Morgan fingerprint density at radius 3 is 2.47 bits per heavy atom. The molecule has 0 N–H and O–H groups in total. The number of hydrogen-bond acceptors (Lipinski definition) is 4. The fourth-order valence-electron chi connectivity index (χ4n) is 4.56. The SMILES string of the molecule is C=CCN(C(=O)CCC1CCCC1)[C@H](C)C(=O)c1c(C)c(C(=O)OCC)n(C)c1C. The predicted molar refractivity (Wildman–Crippen MR) is 118 cm³/mol. The van der Waals surface area contributed by atoms with Crippen molar-refractivity contribution in [3.05, 3.63) is 35.2 Å². The molecule has 0 aromatic carbocycles. The molecule has 2 rings (SSSR count). The summed E-state index contributed by atoms with van der Waals surface area (Å²) in [6.45, 7) is 11.4. The lowest BCUT2D eigenvalue weighted by Crippen LogP contribution is -2.43. The summed E-state index contributed by atoms with van der Waals surface area (Å²) in [4.78, 5) is 40.3. The largest absolute Gasteiger partial charge is 0.461 e. The van der Waals surface area contributed by atoms with Crippen molar-refractivity contribution >= 4 is 17.7 Å². The zero-order chi connectivity index (χ0) is 22.4. The second kappa shape index (κ2) is 10.6. The molecular weight excluding hydrogens is 380 g/mol. The highest BCUT2D eigenvalue weighted by molar-refractivity contribution is 6.06. The van der Waals surface area contributed by atoms with Crippen molar-refractivity contribution in [3.63, 3.8) is 0 Å². The molecule has 6 nitrogen and oxygen atoms in total. The topological polar surface area (TPSA) is 68.6 Å². The molecule has 1 aliphatic rings. The van der Waals surface area contributed by atoms with E-state index in [0.717, 1.165) is 6.42 Å². The third-order valence-corrected chi connectivity index (χ3v) is 6.38. The van der Waals surface area contributed by atoms with Gasteiger partial charge in [-0.2, -0.15) is 0 Å². The predicted octanol–water partition coefficient (Wildman–Crippen LogP) is 4.37. The molecule has 30 heavy (non-hydrogen) atoms. The number of ketones is 1. The molecule has 1 amide bonds. The molecule has 1 aromatic heterocycles. The van der Waals surface area contributed by atoms with Crippen molar-refractivity contribution in [3.8, 4) is 0 Å². The lowest BCUT2D eigenvalue weighted by Gasteiger charge is -2.28. The van der Waals surface area contributed by atoms with E-state index in [0.29, 0.717) is 41.4 Å². The van der Waals surface area contributed by atoms with Gasteiger partial charge >= 0.3 is 5.97 Å². The second-order valence-corrected chi connectivity index (χ2v) is 8.28. The molecule has 0 aliphatic heterocycles. The molecule has 6 heteroatoms. The number of carbonyl (C=O) groups is 3. The average Bonchev–Trinajstić information content (AvgIpc) is 3.30. The number of rotatable bonds is 10. The molecule has 1 heterocycles. The zero-order valence-corrected chi connectivity index (χ0v) is 19.1. The maximum absolute atomic E-state index is 13.4. The van der Waals surface area contributed by atoms with E-state index in [1.807, 2.05) is 6.92 Å². The highest BCUT2D eigenvalue weighted by Gasteiger charge is 2.32. The van der Waals surface area contributed by atoms with E-state index in [2.05, 4.69) is 6.58 Å². The van der Waals surface area contributed by atoms with Gasteiger partial charge < -0.3 is 14.2 Å². The molecule has 1 aliphatic carbocycles. The molecular formula is C24H36N2O4. The molecule has 1 saturated carbocycles. The van der Waals surface area contributed by atoms with Gasteiger partial charge in [0.05, 0.1) is 12.6 Å². The first-order chi connectivity index (χ1) is 14.2. The van der Waals surface area contributed by atoms with E-state index in [1.54, 1.807) is 43.4 Å². The Morgan fingerprint density at radius 1 is 1.27 bits per heavy atom. The summed E-state index contributed by atoms with van der Waals surface area (Å²) >= 11 is 0. The summed E-state index contributed by atoms with van der Waals surface area (Å²) in [6, 6.07) is -0.631.